The van der Waals surface area contributed by atoms with Gasteiger partial charge in [0.2, 0.25) is 11.9 Å². The van der Waals surface area contributed by atoms with Gasteiger partial charge in [-0.05, 0) is 35.1 Å². The van der Waals surface area contributed by atoms with Crippen molar-refractivity contribution in [2.75, 3.05) is 19.1 Å². The Morgan fingerprint density at radius 3 is 1.55 bits per heavy atom. The van der Waals surface area contributed by atoms with Gasteiger partial charge in [-0.3, -0.25) is 0 Å². The van der Waals surface area contributed by atoms with Crippen LogP contribution in [0.25, 0.3) is 11.6 Å². The van der Waals surface area contributed by atoms with Crippen LogP contribution < -0.4 is 14.4 Å². The summed E-state index contributed by atoms with van der Waals surface area (Å²) in [4.78, 5) is 21.3. The van der Waals surface area contributed by atoms with Gasteiger partial charge in [0, 0.05) is 12.4 Å². The molecule has 0 saturated carbocycles. The van der Waals surface area contributed by atoms with E-state index in [0.29, 0.717) is 35.3 Å². The third-order valence-corrected chi connectivity index (χ3v) is 6.40. The van der Waals surface area contributed by atoms with Crippen LogP contribution in [0.5, 0.6) is 11.8 Å². The number of nitrogens with zero attached hydrogens (tertiary/aromatic N) is 7. The first-order valence-corrected chi connectivity index (χ1v) is 12.8. The standard InChI is InChI=1S/C30H31N7O2.Pt/c1-20(2)22-10-7-11-23(21(3)4)28(22)37(29-31-16-14-24(33-29)35-18-8-12-26(35)38-5)30-32-17-15-25(34-30)36-19-9-13-27(36)39-6;/h7-17,20-21H,1-6H3;/q-2;+2. The monoisotopic (exact) mass is 716 g/mol. The summed E-state index contributed by atoms with van der Waals surface area (Å²) in [6, 6.07) is 17.2. The number of benzene rings is 1. The largest absolute Gasteiger partial charge is 2.00 e. The average molecular weight is 717 g/mol. The Hall–Kier alpha value is -3.97. The van der Waals surface area contributed by atoms with Crippen molar-refractivity contribution >= 4 is 17.6 Å². The van der Waals surface area contributed by atoms with E-state index >= 15 is 0 Å². The zero-order valence-electron chi connectivity index (χ0n) is 23.3. The van der Waals surface area contributed by atoms with Gasteiger partial charge in [-0.25, -0.2) is 24.8 Å². The summed E-state index contributed by atoms with van der Waals surface area (Å²) in [5, 5.41) is 0. The molecule has 4 heterocycles. The van der Waals surface area contributed by atoms with Gasteiger partial charge in [0.25, 0.3) is 0 Å². The number of aromatic nitrogens is 6. The summed E-state index contributed by atoms with van der Waals surface area (Å²) in [7, 11) is 3.24. The average Bonchev–Trinajstić information content (AvgIpc) is 3.63. The fourth-order valence-electron chi connectivity index (χ4n) is 4.52. The van der Waals surface area contributed by atoms with Crippen LogP contribution >= 0.6 is 0 Å². The van der Waals surface area contributed by atoms with Crippen molar-refractivity contribution in [3.05, 3.63) is 90.5 Å². The first-order valence-electron chi connectivity index (χ1n) is 12.8. The molecule has 208 valence electrons. The Morgan fingerprint density at radius 1 is 0.700 bits per heavy atom. The molecule has 0 fully saturated rings. The molecule has 0 spiro atoms. The molecule has 0 atom stereocenters. The number of hydrogen-bond acceptors (Lipinski definition) is 7. The summed E-state index contributed by atoms with van der Waals surface area (Å²) in [5.41, 5.74) is 3.24. The number of para-hydroxylation sites is 1. The molecule has 0 radical (unpaired) electrons. The van der Waals surface area contributed by atoms with Gasteiger partial charge in [0.15, 0.2) is 0 Å². The Kier molecular flexibility index (Phi) is 9.05. The molecule has 0 bridgehead atoms. The summed E-state index contributed by atoms with van der Waals surface area (Å²) in [5.74, 6) is 3.74. The van der Waals surface area contributed by atoms with Gasteiger partial charge < -0.3 is 18.6 Å². The molecular formula is C30H31N7O2Pt. The predicted molar refractivity (Wildman–Crippen MR) is 150 cm³/mol. The van der Waals surface area contributed by atoms with Crippen molar-refractivity contribution < 1.29 is 30.5 Å². The molecule has 5 rings (SSSR count). The first-order chi connectivity index (χ1) is 18.9. The van der Waals surface area contributed by atoms with E-state index in [1.165, 1.54) is 0 Å². The molecule has 0 N–H and O–H groups in total. The van der Waals surface area contributed by atoms with Crippen molar-refractivity contribution in [3.8, 4) is 23.4 Å². The predicted octanol–water partition coefficient (Wildman–Crippen LogP) is 6.18. The van der Waals surface area contributed by atoms with E-state index in [2.05, 4.69) is 58.3 Å². The number of methoxy groups -OCH3 is 2. The minimum absolute atomic E-state index is 0. The topological polar surface area (TPSA) is 83.1 Å². The van der Waals surface area contributed by atoms with Crippen molar-refractivity contribution in [1.82, 2.24) is 29.1 Å². The number of hydrogen-bond donors (Lipinski definition) is 0. The van der Waals surface area contributed by atoms with E-state index in [0.717, 1.165) is 16.8 Å². The van der Waals surface area contributed by atoms with Gasteiger partial charge in [0.05, 0.1) is 43.3 Å². The van der Waals surface area contributed by atoms with E-state index in [4.69, 9.17) is 29.4 Å². The van der Waals surface area contributed by atoms with Gasteiger partial charge in [-0.1, -0.05) is 58.3 Å². The maximum atomic E-state index is 5.50. The Morgan fingerprint density at radius 2 is 1.15 bits per heavy atom. The third-order valence-electron chi connectivity index (χ3n) is 6.40. The molecule has 0 aliphatic rings. The fraction of sp³-hybridized carbons (Fsp3) is 0.267. The van der Waals surface area contributed by atoms with Crippen LogP contribution in [0.4, 0.5) is 17.6 Å². The molecule has 4 aromatic heterocycles. The van der Waals surface area contributed by atoms with E-state index in [-0.39, 0.29) is 32.9 Å². The number of ether oxygens (including phenoxy) is 2. The zero-order chi connectivity index (χ0) is 27.5. The molecule has 5 aromatic rings. The summed E-state index contributed by atoms with van der Waals surface area (Å²) >= 11 is 0. The quantitative estimate of drug-likeness (QED) is 0.169. The molecule has 9 nitrogen and oxygen atoms in total. The van der Waals surface area contributed by atoms with Gasteiger partial charge >= 0.3 is 21.1 Å². The van der Waals surface area contributed by atoms with Crippen LogP contribution in [0.1, 0.15) is 50.7 Å². The Balaban J connectivity index is 0.00000370. The summed E-state index contributed by atoms with van der Waals surface area (Å²) in [6.45, 7) is 8.70. The molecule has 40 heavy (non-hydrogen) atoms. The maximum absolute atomic E-state index is 5.50. The van der Waals surface area contributed by atoms with Gasteiger partial charge in [0.1, 0.15) is 0 Å². The Bertz CT molecular complexity index is 1470. The van der Waals surface area contributed by atoms with Crippen molar-refractivity contribution in [2.24, 2.45) is 0 Å². The van der Waals surface area contributed by atoms with Crippen LogP contribution in [0.3, 0.4) is 0 Å². The summed E-state index contributed by atoms with van der Waals surface area (Å²) < 4.78 is 14.5. The second kappa shape index (κ2) is 12.5. The van der Waals surface area contributed by atoms with Crippen molar-refractivity contribution in [1.29, 1.82) is 0 Å². The molecular weight excluding hydrogens is 685 g/mol. The van der Waals surface area contributed by atoms with Crippen molar-refractivity contribution in [2.45, 2.75) is 39.5 Å². The van der Waals surface area contributed by atoms with Gasteiger partial charge in [-0.15, -0.1) is 24.3 Å². The van der Waals surface area contributed by atoms with E-state index in [9.17, 15) is 0 Å². The van der Waals surface area contributed by atoms with E-state index in [1.807, 2.05) is 29.2 Å². The molecule has 0 saturated heterocycles. The normalized spacial score (nSPS) is 11.0. The van der Waals surface area contributed by atoms with Crippen LogP contribution in [0.2, 0.25) is 0 Å². The number of anilines is 3. The Labute approximate surface area is 249 Å². The van der Waals surface area contributed by atoms with Crippen LogP contribution in [0, 0.1) is 12.4 Å². The van der Waals surface area contributed by atoms with Gasteiger partial charge in [-0.2, -0.15) is 0 Å². The second-order valence-electron chi connectivity index (χ2n) is 9.54. The molecule has 0 unspecified atom stereocenters. The van der Waals surface area contributed by atoms with E-state index in [1.54, 1.807) is 47.9 Å². The van der Waals surface area contributed by atoms with Crippen LogP contribution in [-0.2, 0) is 21.1 Å². The smallest absolute Gasteiger partial charge is 0.533 e. The molecule has 10 heteroatoms. The number of rotatable bonds is 9. The minimum atomic E-state index is 0. The minimum Gasteiger partial charge on any atom is -0.533 e. The summed E-state index contributed by atoms with van der Waals surface area (Å²) in [6.07, 6.45) is 9.74. The van der Waals surface area contributed by atoms with E-state index < -0.39 is 0 Å². The van der Waals surface area contributed by atoms with Crippen molar-refractivity contribution in [3.63, 3.8) is 0 Å². The second-order valence-corrected chi connectivity index (χ2v) is 9.54. The fourth-order valence-corrected chi connectivity index (χ4v) is 4.52. The SMILES string of the molecule is COc1cc[c-]n1-c1ccnc(N(c2nccc(-n3[c-]ccc3OC)n2)c2c(C(C)C)cccc2C(C)C)n1.[Pt+2]. The molecule has 0 aliphatic carbocycles. The zero-order valence-corrected chi connectivity index (χ0v) is 25.5. The molecule has 0 amide bonds. The molecule has 1 aromatic carbocycles. The third kappa shape index (κ3) is 5.52. The van der Waals surface area contributed by atoms with Crippen LogP contribution in [-0.4, -0.2) is 43.3 Å². The van der Waals surface area contributed by atoms with Crippen LogP contribution in [0.15, 0.2) is 67.0 Å². The molecule has 0 aliphatic heterocycles. The first kappa shape index (κ1) is 29.0. The maximum Gasteiger partial charge on any atom is 2.00 e.